The first kappa shape index (κ1) is 24.2. The van der Waals surface area contributed by atoms with E-state index in [9.17, 15) is 9.59 Å². The van der Waals surface area contributed by atoms with Crippen LogP contribution in [0.15, 0.2) is 32.9 Å². The van der Waals surface area contributed by atoms with Gasteiger partial charge in [-0.25, -0.2) is 10.1 Å². The largest absolute Gasteiger partial charge is 0.493 e. The van der Waals surface area contributed by atoms with Crippen LogP contribution >= 0.6 is 23.5 Å². The highest BCUT2D eigenvalue weighted by atomic mass is 32.2. The first-order valence-corrected chi connectivity index (χ1v) is 12.0. The molecule has 16 heteroatoms. The summed E-state index contributed by atoms with van der Waals surface area (Å²) in [6.45, 7) is 2.04. The van der Waals surface area contributed by atoms with Gasteiger partial charge < -0.3 is 15.2 Å². The van der Waals surface area contributed by atoms with Crippen molar-refractivity contribution < 1.29 is 23.7 Å². The smallest absolute Gasteiger partial charge is 0.308 e. The molecule has 0 unspecified atom stereocenters. The van der Waals surface area contributed by atoms with Gasteiger partial charge in [-0.05, 0) is 34.1 Å². The number of aliphatic imine (C=N–C) groups is 1. The molecule has 0 fully saturated rings. The van der Waals surface area contributed by atoms with E-state index in [2.05, 4.69) is 40.8 Å². The van der Waals surface area contributed by atoms with Gasteiger partial charge in [0.25, 0.3) is 5.91 Å². The molecule has 0 atom stereocenters. The van der Waals surface area contributed by atoms with Gasteiger partial charge in [0.2, 0.25) is 11.6 Å². The molecule has 14 nitrogen and oxygen atoms in total. The van der Waals surface area contributed by atoms with Crippen LogP contribution in [0, 0.1) is 0 Å². The van der Waals surface area contributed by atoms with Crippen LogP contribution in [0.25, 0.3) is 5.82 Å². The van der Waals surface area contributed by atoms with Crippen molar-refractivity contribution in [3.63, 3.8) is 0 Å². The number of nitrogens with two attached hydrogens (primary N) is 1. The van der Waals surface area contributed by atoms with Crippen LogP contribution in [0.3, 0.4) is 0 Å². The van der Waals surface area contributed by atoms with E-state index in [1.807, 2.05) is 0 Å². The summed E-state index contributed by atoms with van der Waals surface area (Å²) in [6.07, 6.45) is 1.40. The van der Waals surface area contributed by atoms with Gasteiger partial charge >= 0.3 is 5.97 Å². The van der Waals surface area contributed by atoms with E-state index in [0.717, 1.165) is 16.7 Å². The lowest BCUT2D eigenvalue weighted by Gasteiger charge is -2.08. The van der Waals surface area contributed by atoms with Crippen LogP contribution in [0.5, 0.6) is 11.5 Å². The molecule has 35 heavy (non-hydrogen) atoms. The van der Waals surface area contributed by atoms with Gasteiger partial charge in [-0.15, -0.1) is 5.10 Å². The minimum Gasteiger partial charge on any atom is -0.493 e. The lowest BCUT2D eigenvalue weighted by molar-refractivity contribution is -0.132. The maximum atomic E-state index is 12.9. The third kappa shape index (κ3) is 5.78. The SMILES string of the molecule is COc1cc(/C=N/NC(=O)c2nnn(-c3nonc3N)c2CSC2=NCCS2)ccc1OC(C)=O. The number of carbonyl (C=O) groups is 2. The number of methoxy groups -OCH3 is 1. The Kier molecular flexibility index (Phi) is 7.61. The zero-order chi connectivity index (χ0) is 24.8. The zero-order valence-electron chi connectivity index (χ0n) is 18.5. The summed E-state index contributed by atoms with van der Waals surface area (Å²) >= 11 is 3.08. The van der Waals surface area contributed by atoms with Gasteiger partial charge in [-0.2, -0.15) is 9.78 Å². The summed E-state index contributed by atoms with van der Waals surface area (Å²) in [5, 5.41) is 19.3. The topological polar surface area (TPSA) is 185 Å². The Labute approximate surface area is 206 Å². The Balaban J connectivity index is 1.51. The van der Waals surface area contributed by atoms with Crippen molar-refractivity contribution in [2.24, 2.45) is 10.1 Å². The van der Waals surface area contributed by atoms with E-state index in [4.69, 9.17) is 15.2 Å². The molecule has 1 aliphatic heterocycles. The van der Waals surface area contributed by atoms with Crippen LogP contribution in [0.1, 0.15) is 28.7 Å². The number of nitrogens with zero attached hydrogens (tertiary/aromatic N) is 7. The first-order chi connectivity index (χ1) is 17.0. The highest BCUT2D eigenvalue weighted by molar-refractivity contribution is 8.38. The molecule has 0 spiro atoms. The van der Waals surface area contributed by atoms with Gasteiger partial charge in [0.1, 0.15) is 4.38 Å². The summed E-state index contributed by atoms with van der Waals surface area (Å²) in [5.41, 5.74) is 9.27. The second-order valence-electron chi connectivity index (χ2n) is 6.76. The number of aromatic nitrogens is 5. The van der Waals surface area contributed by atoms with E-state index < -0.39 is 11.9 Å². The molecule has 2 aromatic heterocycles. The lowest BCUT2D eigenvalue weighted by atomic mass is 10.2. The van der Waals surface area contributed by atoms with Gasteiger partial charge in [-0.1, -0.05) is 28.7 Å². The number of hydrogen-bond acceptors (Lipinski definition) is 14. The van der Waals surface area contributed by atoms with Crippen molar-refractivity contribution in [3.8, 4) is 17.3 Å². The summed E-state index contributed by atoms with van der Waals surface area (Å²) in [4.78, 5) is 28.5. The molecule has 0 saturated heterocycles. The third-order valence-corrected chi connectivity index (χ3v) is 6.65. The molecule has 3 N–H and O–H groups in total. The number of hydrogen-bond donors (Lipinski definition) is 2. The minimum atomic E-state index is -0.595. The Morgan fingerprint density at radius 3 is 2.91 bits per heavy atom. The normalized spacial score (nSPS) is 13.1. The maximum absolute atomic E-state index is 12.9. The fraction of sp³-hybridized carbons (Fsp3) is 0.263. The van der Waals surface area contributed by atoms with Crippen LogP contribution in [-0.4, -0.2) is 67.2 Å². The minimum absolute atomic E-state index is 0.00450. The van der Waals surface area contributed by atoms with Crippen molar-refractivity contribution >= 4 is 51.8 Å². The standard InChI is InChI=1S/C19H19N9O5S2/c1-10(29)32-13-4-3-11(7-14(13)31-2)8-22-24-18(30)15-12(9-35-19-21-5-6-34-19)28(27-23-15)17-16(20)25-33-26-17/h3-4,7-8H,5-6,9H2,1-2H3,(H2,20,25)(H,24,30)/b22-8+. The van der Waals surface area contributed by atoms with E-state index in [0.29, 0.717) is 22.8 Å². The van der Waals surface area contributed by atoms with Crippen molar-refractivity contribution in [1.29, 1.82) is 0 Å². The average molecular weight is 518 g/mol. The van der Waals surface area contributed by atoms with Crippen molar-refractivity contribution in [1.82, 2.24) is 30.7 Å². The maximum Gasteiger partial charge on any atom is 0.308 e. The number of amides is 1. The van der Waals surface area contributed by atoms with Crippen molar-refractivity contribution in [2.45, 2.75) is 12.7 Å². The molecule has 1 amide bonds. The second-order valence-corrected chi connectivity index (χ2v) is 9.06. The zero-order valence-corrected chi connectivity index (χ0v) is 20.1. The van der Waals surface area contributed by atoms with E-state index in [-0.39, 0.29) is 23.1 Å². The summed E-state index contributed by atoms with van der Waals surface area (Å²) < 4.78 is 17.2. The fourth-order valence-corrected chi connectivity index (χ4v) is 4.87. The van der Waals surface area contributed by atoms with Gasteiger partial charge in [-0.3, -0.25) is 14.6 Å². The molecule has 182 valence electrons. The number of ether oxygens (including phenoxy) is 2. The number of esters is 1. The molecule has 0 radical (unpaired) electrons. The van der Waals surface area contributed by atoms with Crippen molar-refractivity contribution in [2.75, 3.05) is 25.1 Å². The fourth-order valence-electron chi connectivity index (χ4n) is 2.87. The highest BCUT2D eigenvalue weighted by Gasteiger charge is 2.24. The van der Waals surface area contributed by atoms with E-state index >= 15 is 0 Å². The predicted molar refractivity (Wildman–Crippen MR) is 129 cm³/mol. The lowest BCUT2D eigenvalue weighted by Crippen LogP contribution is -2.20. The predicted octanol–water partition coefficient (Wildman–Crippen LogP) is 1.27. The Hall–Kier alpha value is -3.92. The Morgan fingerprint density at radius 2 is 2.23 bits per heavy atom. The number of nitrogens with one attached hydrogen (secondary N) is 1. The van der Waals surface area contributed by atoms with Crippen LogP contribution in [0.4, 0.5) is 5.82 Å². The van der Waals surface area contributed by atoms with E-state index in [1.54, 1.807) is 30.0 Å². The number of nitrogen functional groups attached to an aromatic ring is 1. The van der Waals surface area contributed by atoms with Crippen molar-refractivity contribution in [3.05, 3.63) is 35.2 Å². The van der Waals surface area contributed by atoms with Crippen LogP contribution in [0.2, 0.25) is 0 Å². The first-order valence-electron chi connectivity index (χ1n) is 9.99. The summed E-state index contributed by atoms with van der Waals surface area (Å²) in [5.74, 6) is 0.905. The Morgan fingerprint density at radius 1 is 1.37 bits per heavy atom. The van der Waals surface area contributed by atoms with Crippen LogP contribution in [-0.2, 0) is 10.5 Å². The molecule has 3 aromatic rings. The number of anilines is 1. The van der Waals surface area contributed by atoms with Gasteiger partial charge in [0, 0.05) is 18.4 Å². The molecule has 4 rings (SSSR count). The average Bonchev–Trinajstić information content (AvgIpc) is 3.59. The third-order valence-electron chi connectivity index (χ3n) is 4.39. The highest BCUT2D eigenvalue weighted by Crippen LogP contribution is 2.28. The Bertz CT molecular complexity index is 1300. The molecule has 0 bridgehead atoms. The molecular formula is C19H19N9O5S2. The number of benzene rings is 1. The molecule has 0 saturated carbocycles. The van der Waals surface area contributed by atoms with E-state index in [1.165, 1.54) is 36.7 Å². The summed E-state index contributed by atoms with van der Waals surface area (Å²) in [7, 11) is 1.45. The molecule has 1 aliphatic rings. The number of thioether (sulfide) groups is 2. The number of rotatable bonds is 8. The molecular weight excluding hydrogens is 498 g/mol. The molecule has 0 aliphatic carbocycles. The molecule has 1 aromatic carbocycles. The van der Waals surface area contributed by atoms with Gasteiger partial charge in [0.05, 0.1) is 25.6 Å². The summed E-state index contributed by atoms with van der Waals surface area (Å²) in [6, 6.07) is 4.81. The quantitative estimate of drug-likeness (QED) is 0.189. The molecule has 3 heterocycles. The number of carbonyl (C=O) groups excluding carboxylic acids is 2. The van der Waals surface area contributed by atoms with Gasteiger partial charge in [0.15, 0.2) is 17.2 Å². The van der Waals surface area contributed by atoms with Crippen LogP contribution < -0.4 is 20.6 Å². The monoisotopic (exact) mass is 517 g/mol. The second kappa shape index (κ2) is 11.0. The number of hydrazone groups is 1.